The number of allylic oxidation sites excluding steroid dienone is 1. The lowest BCUT2D eigenvalue weighted by Gasteiger charge is -2.01. The van der Waals surface area contributed by atoms with Crippen molar-refractivity contribution in [3.63, 3.8) is 0 Å². The normalized spacial score (nSPS) is 11.0. The summed E-state index contributed by atoms with van der Waals surface area (Å²) in [5.74, 6) is -0.265. The maximum Gasteiger partial charge on any atom is 0.248 e. The number of anilines is 1. The van der Waals surface area contributed by atoms with Crippen LogP contribution in [0.3, 0.4) is 0 Å². The Bertz CT molecular complexity index is 380. The number of hydrogen-bond acceptors (Lipinski definition) is 3. The second-order valence-corrected chi connectivity index (χ2v) is 2.98. The van der Waals surface area contributed by atoms with E-state index in [1.54, 1.807) is 0 Å². The Hall–Kier alpha value is -2.10. The highest BCUT2D eigenvalue weighted by Crippen LogP contribution is 2.08. The molecule has 0 saturated carbocycles. The molecule has 1 aromatic rings. The van der Waals surface area contributed by atoms with Crippen LogP contribution in [0.5, 0.6) is 0 Å². The van der Waals surface area contributed by atoms with Gasteiger partial charge < -0.3 is 10.5 Å². The smallest absolute Gasteiger partial charge is 0.248 e. The molecule has 1 aromatic carbocycles. The van der Waals surface area contributed by atoms with Crippen molar-refractivity contribution in [3.8, 4) is 0 Å². The summed E-state index contributed by atoms with van der Waals surface area (Å²) in [7, 11) is 0. The van der Waals surface area contributed by atoms with E-state index in [1.165, 1.54) is 12.2 Å². The standard InChI is InChI=1S/C11H12N2O2/c1-9-4-6-10(7-5-9)13-11(14)3-2-8-12-15/h2-8,15H,1H3,(H,13,14)/b3-2+,12-8-. The highest BCUT2D eigenvalue weighted by atomic mass is 16.4. The van der Waals surface area contributed by atoms with Gasteiger partial charge in [0.25, 0.3) is 0 Å². The number of hydrogen-bond donors (Lipinski definition) is 2. The zero-order chi connectivity index (χ0) is 11.1. The summed E-state index contributed by atoms with van der Waals surface area (Å²) >= 11 is 0. The highest BCUT2D eigenvalue weighted by molar-refractivity contribution is 6.01. The molecule has 1 amide bonds. The molecule has 0 aliphatic rings. The van der Waals surface area contributed by atoms with Crippen molar-refractivity contribution >= 4 is 17.8 Å². The van der Waals surface area contributed by atoms with E-state index in [0.717, 1.165) is 17.5 Å². The van der Waals surface area contributed by atoms with Gasteiger partial charge in [-0.25, -0.2) is 0 Å². The molecule has 0 spiro atoms. The van der Waals surface area contributed by atoms with Gasteiger partial charge in [0.05, 0.1) is 6.21 Å². The van der Waals surface area contributed by atoms with Crippen molar-refractivity contribution in [2.45, 2.75) is 6.92 Å². The number of carbonyl (C=O) groups excluding carboxylic acids is 1. The van der Waals surface area contributed by atoms with Gasteiger partial charge in [0.15, 0.2) is 0 Å². The van der Waals surface area contributed by atoms with Crippen molar-refractivity contribution in [1.29, 1.82) is 0 Å². The molecule has 0 heterocycles. The van der Waals surface area contributed by atoms with Crippen molar-refractivity contribution in [2.75, 3.05) is 5.32 Å². The lowest BCUT2D eigenvalue weighted by atomic mass is 10.2. The van der Waals surface area contributed by atoms with Crippen LogP contribution >= 0.6 is 0 Å². The number of carbonyl (C=O) groups is 1. The number of nitrogens with zero attached hydrogens (tertiary/aromatic N) is 1. The van der Waals surface area contributed by atoms with Crippen molar-refractivity contribution in [3.05, 3.63) is 42.0 Å². The molecule has 4 heteroatoms. The molecule has 15 heavy (non-hydrogen) atoms. The van der Waals surface area contributed by atoms with Crippen LogP contribution in [0.1, 0.15) is 5.56 Å². The quantitative estimate of drug-likeness (QED) is 0.342. The largest absolute Gasteiger partial charge is 0.411 e. The van der Waals surface area contributed by atoms with E-state index in [2.05, 4.69) is 10.5 Å². The fraction of sp³-hybridized carbons (Fsp3) is 0.0909. The van der Waals surface area contributed by atoms with Crippen molar-refractivity contribution < 1.29 is 10.0 Å². The molecule has 0 atom stereocenters. The summed E-state index contributed by atoms with van der Waals surface area (Å²) in [6.45, 7) is 1.98. The molecular weight excluding hydrogens is 192 g/mol. The SMILES string of the molecule is Cc1ccc(NC(=O)/C=C/C=N\O)cc1. The van der Waals surface area contributed by atoms with E-state index in [0.29, 0.717) is 0 Å². The molecule has 78 valence electrons. The van der Waals surface area contributed by atoms with Crippen LogP contribution in [0.2, 0.25) is 0 Å². The molecule has 0 aliphatic heterocycles. The first-order chi connectivity index (χ1) is 7.22. The van der Waals surface area contributed by atoms with Crippen LogP contribution in [0.25, 0.3) is 0 Å². The Morgan fingerprint density at radius 2 is 2.07 bits per heavy atom. The molecule has 0 saturated heterocycles. The van der Waals surface area contributed by atoms with Crippen LogP contribution in [-0.4, -0.2) is 17.3 Å². The molecule has 1 rings (SSSR count). The third-order valence-corrected chi connectivity index (χ3v) is 1.72. The van der Waals surface area contributed by atoms with Crippen LogP contribution in [0.15, 0.2) is 41.6 Å². The van der Waals surface area contributed by atoms with Crippen LogP contribution in [0, 0.1) is 6.92 Å². The third-order valence-electron chi connectivity index (χ3n) is 1.72. The minimum atomic E-state index is -0.265. The molecule has 0 bridgehead atoms. The van der Waals surface area contributed by atoms with E-state index in [9.17, 15) is 4.79 Å². The van der Waals surface area contributed by atoms with Gasteiger partial charge >= 0.3 is 0 Å². The number of aryl methyl sites for hydroxylation is 1. The van der Waals surface area contributed by atoms with Crippen LogP contribution < -0.4 is 5.32 Å². The molecule has 0 fully saturated rings. The van der Waals surface area contributed by atoms with Gasteiger partial charge in [-0.15, -0.1) is 0 Å². The Balaban J connectivity index is 2.55. The first-order valence-electron chi connectivity index (χ1n) is 4.44. The molecule has 2 N–H and O–H groups in total. The van der Waals surface area contributed by atoms with Gasteiger partial charge in [-0.2, -0.15) is 0 Å². The summed E-state index contributed by atoms with van der Waals surface area (Å²) in [5.41, 5.74) is 1.87. The summed E-state index contributed by atoms with van der Waals surface area (Å²) < 4.78 is 0. The van der Waals surface area contributed by atoms with Crippen LogP contribution in [0.4, 0.5) is 5.69 Å². The third kappa shape index (κ3) is 4.08. The zero-order valence-corrected chi connectivity index (χ0v) is 8.34. The number of amides is 1. The minimum absolute atomic E-state index is 0.265. The molecule has 4 nitrogen and oxygen atoms in total. The second kappa shape index (κ2) is 5.59. The molecule has 0 aromatic heterocycles. The zero-order valence-electron chi connectivity index (χ0n) is 8.34. The van der Waals surface area contributed by atoms with Gasteiger partial charge in [-0.3, -0.25) is 4.79 Å². The molecule has 0 radical (unpaired) electrons. The van der Waals surface area contributed by atoms with E-state index < -0.39 is 0 Å². The van der Waals surface area contributed by atoms with E-state index in [1.807, 2.05) is 31.2 Å². The average Bonchev–Trinajstić information content (AvgIpc) is 2.22. The van der Waals surface area contributed by atoms with E-state index >= 15 is 0 Å². The summed E-state index contributed by atoms with van der Waals surface area (Å²) in [6, 6.07) is 7.46. The van der Waals surface area contributed by atoms with Gasteiger partial charge in [0, 0.05) is 11.8 Å². The van der Waals surface area contributed by atoms with Gasteiger partial charge in [0.1, 0.15) is 0 Å². The van der Waals surface area contributed by atoms with E-state index in [-0.39, 0.29) is 5.91 Å². The fourth-order valence-corrected chi connectivity index (χ4v) is 0.990. The first-order valence-corrected chi connectivity index (χ1v) is 4.44. The number of oxime groups is 1. The van der Waals surface area contributed by atoms with Crippen molar-refractivity contribution in [2.24, 2.45) is 5.16 Å². The minimum Gasteiger partial charge on any atom is -0.411 e. The van der Waals surface area contributed by atoms with Gasteiger partial charge in [-0.05, 0) is 25.1 Å². The lowest BCUT2D eigenvalue weighted by Crippen LogP contribution is -2.07. The van der Waals surface area contributed by atoms with Crippen LogP contribution in [-0.2, 0) is 4.79 Å². The van der Waals surface area contributed by atoms with Gasteiger partial charge in [-0.1, -0.05) is 22.9 Å². The average molecular weight is 204 g/mol. The maximum atomic E-state index is 11.2. The fourth-order valence-electron chi connectivity index (χ4n) is 0.990. The Labute approximate surface area is 87.9 Å². The maximum absolute atomic E-state index is 11.2. The second-order valence-electron chi connectivity index (χ2n) is 2.98. The topological polar surface area (TPSA) is 61.7 Å². The number of rotatable bonds is 3. The summed E-state index contributed by atoms with van der Waals surface area (Å²) in [4.78, 5) is 11.2. The van der Waals surface area contributed by atoms with E-state index in [4.69, 9.17) is 5.21 Å². The summed E-state index contributed by atoms with van der Waals surface area (Å²) in [5, 5.41) is 13.5. The predicted molar refractivity (Wildman–Crippen MR) is 59.2 cm³/mol. The Morgan fingerprint density at radius 1 is 1.40 bits per heavy atom. The number of benzene rings is 1. The summed E-state index contributed by atoms with van der Waals surface area (Å²) in [6.07, 6.45) is 3.75. The first kappa shape index (κ1) is 11.0. The monoisotopic (exact) mass is 204 g/mol. The predicted octanol–water partition coefficient (Wildman–Crippen LogP) is 1.95. The Morgan fingerprint density at radius 3 is 2.67 bits per heavy atom. The molecular formula is C11H12N2O2. The molecule has 0 aliphatic carbocycles. The number of nitrogens with one attached hydrogen (secondary N) is 1. The molecule has 0 unspecified atom stereocenters. The highest BCUT2D eigenvalue weighted by Gasteiger charge is 1.95. The lowest BCUT2D eigenvalue weighted by molar-refractivity contribution is -0.111. The Kier molecular flexibility index (Phi) is 4.09. The van der Waals surface area contributed by atoms with Crippen molar-refractivity contribution in [1.82, 2.24) is 0 Å². The van der Waals surface area contributed by atoms with Gasteiger partial charge in [0.2, 0.25) is 5.91 Å².